The minimum Gasteiger partial charge on any atom is -0.463 e. The van der Waals surface area contributed by atoms with E-state index in [2.05, 4.69) is 10.1 Å². The van der Waals surface area contributed by atoms with Crippen LogP contribution < -0.4 is 0 Å². The molecular weight excluding hydrogens is 240 g/mol. The summed E-state index contributed by atoms with van der Waals surface area (Å²) in [6, 6.07) is 7.12. The molecule has 0 saturated carbocycles. The van der Waals surface area contributed by atoms with Gasteiger partial charge in [0.25, 0.3) is 0 Å². The Balaban J connectivity index is 2.26. The number of nitrogens with zero attached hydrogens (tertiary/aromatic N) is 2. The Morgan fingerprint density at radius 1 is 1.47 bits per heavy atom. The van der Waals surface area contributed by atoms with Crippen LogP contribution in [0.15, 0.2) is 40.1 Å². The summed E-state index contributed by atoms with van der Waals surface area (Å²) in [6.07, 6.45) is 1.92. The van der Waals surface area contributed by atoms with Crippen molar-refractivity contribution in [2.75, 3.05) is 0 Å². The molecule has 0 aliphatic rings. The standard InChI is InChI=1S/C12H11ClN2O2/c1-8-5-6-17-12(8)10(15-16)7-9-3-2-4-11(13)14-9/h2-6,16H,7H2,1H3/b15-10-. The lowest BCUT2D eigenvalue weighted by Crippen LogP contribution is -2.07. The fraction of sp³-hybridized carbons (Fsp3) is 0.167. The van der Waals surface area contributed by atoms with Gasteiger partial charge in [0.05, 0.1) is 6.26 Å². The van der Waals surface area contributed by atoms with E-state index in [-0.39, 0.29) is 0 Å². The number of rotatable bonds is 3. The molecule has 0 unspecified atom stereocenters. The predicted molar refractivity (Wildman–Crippen MR) is 64.7 cm³/mol. The second kappa shape index (κ2) is 5.01. The highest BCUT2D eigenvalue weighted by atomic mass is 35.5. The van der Waals surface area contributed by atoms with E-state index in [1.54, 1.807) is 18.4 Å². The zero-order chi connectivity index (χ0) is 12.3. The normalized spacial score (nSPS) is 11.8. The van der Waals surface area contributed by atoms with Crippen LogP contribution in [0, 0.1) is 6.92 Å². The van der Waals surface area contributed by atoms with Gasteiger partial charge in [-0.25, -0.2) is 4.98 Å². The molecule has 2 aromatic heterocycles. The second-order valence-corrected chi connectivity index (χ2v) is 4.00. The number of aryl methyl sites for hydroxylation is 1. The first kappa shape index (κ1) is 11.7. The monoisotopic (exact) mass is 250 g/mol. The molecule has 0 amide bonds. The molecule has 5 heteroatoms. The molecule has 0 radical (unpaired) electrons. The van der Waals surface area contributed by atoms with Crippen LogP contribution >= 0.6 is 11.6 Å². The zero-order valence-corrected chi connectivity index (χ0v) is 9.98. The van der Waals surface area contributed by atoms with E-state index in [1.165, 1.54) is 0 Å². The van der Waals surface area contributed by atoms with Crippen molar-refractivity contribution in [3.8, 4) is 0 Å². The number of halogens is 1. The molecule has 0 aromatic carbocycles. The molecule has 2 heterocycles. The van der Waals surface area contributed by atoms with Crippen LogP contribution in [0.2, 0.25) is 5.15 Å². The van der Waals surface area contributed by atoms with Gasteiger partial charge in [0.1, 0.15) is 10.9 Å². The first-order chi connectivity index (χ1) is 8.20. The van der Waals surface area contributed by atoms with Crippen LogP contribution in [0.25, 0.3) is 0 Å². The van der Waals surface area contributed by atoms with Crippen LogP contribution in [0.5, 0.6) is 0 Å². The SMILES string of the molecule is Cc1ccoc1/C(Cc1cccc(Cl)n1)=N\O. The van der Waals surface area contributed by atoms with Gasteiger partial charge < -0.3 is 9.62 Å². The lowest BCUT2D eigenvalue weighted by Gasteiger charge is -2.02. The molecule has 2 rings (SSSR count). The number of aromatic nitrogens is 1. The summed E-state index contributed by atoms with van der Waals surface area (Å²) in [7, 11) is 0. The van der Waals surface area contributed by atoms with Gasteiger partial charge in [-0.3, -0.25) is 0 Å². The predicted octanol–water partition coefficient (Wildman–Crippen LogP) is 3.06. The number of hydrogen-bond acceptors (Lipinski definition) is 4. The highest BCUT2D eigenvalue weighted by molar-refractivity contribution is 6.29. The minimum atomic E-state index is 0.366. The molecule has 2 aromatic rings. The van der Waals surface area contributed by atoms with Crippen LogP contribution in [0.4, 0.5) is 0 Å². The van der Waals surface area contributed by atoms with Crippen molar-refractivity contribution in [3.05, 3.63) is 52.7 Å². The first-order valence-corrected chi connectivity index (χ1v) is 5.45. The first-order valence-electron chi connectivity index (χ1n) is 5.07. The minimum absolute atomic E-state index is 0.366. The topological polar surface area (TPSA) is 58.6 Å². The molecular formula is C12H11ClN2O2. The van der Waals surface area contributed by atoms with Crippen molar-refractivity contribution in [3.63, 3.8) is 0 Å². The Morgan fingerprint density at radius 3 is 2.88 bits per heavy atom. The number of pyridine rings is 1. The summed E-state index contributed by atoms with van der Waals surface area (Å²) in [6.45, 7) is 1.88. The summed E-state index contributed by atoms with van der Waals surface area (Å²) in [5.41, 5.74) is 2.07. The van der Waals surface area contributed by atoms with E-state index in [4.69, 9.17) is 21.2 Å². The van der Waals surface area contributed by atoms with E-state index >= 15 is 0 Å². The number of hydrogen-bond donors (Lipinski definition) is 1. The van der Waals surface area contributed by atoms with Gasteiger partial charge in [-0.2, -0.15) is 0 Å². The number of furan rings is 1. The van der Waals surface area contributed by atoms with Gasteiger partial charge in [0, 0.05) is 12.1 Å². The van der Waals surface area contributed by atoms with Gasteiger partial charge >= 0.3 is 0 Å². The van der Waals surface area contributed by atoms with Crippen LogP contribution in [-0.2, 0) is 6.42 Å². The molecule has 0 bridgehead atoms. The van der Waals surface area contributed by atoms with Gasteiger partial charge in [0.2, 0.25) is 0 Å². The van der Waals surface area contributed by atoms with Crippen LogP contribution in [-0.4, -0.2) is 15.9 Å². The van der Waals surface area contributed by atoms with Crippen LogP contribution in [0.1, 0.15) is 17.0 Å². The smallest absolute Gasteiger partial charge is 0.154 e. The second-order valence-electron chi connectivity index (χ2n) is 3.61. The maximum Gasteiger partial charge on any atom is 0.154 e. The van der Waals surface area contributed by atoms with Gasteiger partial charge in [-0.05, 0) is 30.7 Å². The summed E-state index contributed by atoms with van der Waals surface area (Å²) in [5.74, 6) is 0.564. The van der Waals surface area contributed by atoms with Crippen LogP contribution in [0.3, 0.4) is 0 Å². The van der Waals surface area contributed by atoms with Crippen molar-refractivity contribution < 1.29 is 9.62 Å². The fourth-order valence-corrected chi connectivity index (χ4v) is 1.73. The molecule has 1 N–H and O–H groups in total. The summed E-state index contributed by atoms with van der Waals surface area (Å²) < 4.78 is 5.27. The van der Waals surface area contributed by atoms with E-state index in [1.807, 2.05) is 19.1 Å². The van der Waals surface area contributed by atoms with Crippen molar-refractivity contribution in [2.45, 2.75) is 13.3 Å². The lowest BCUT2D eigenvalue weighted by atomic mass is 10.1. The van der Waals surface area contributed by atoms with Crippen molar-refractivity contribution in [1.29, 1.82) is 0 Å². The molecule has 88 valence electrons. The third-order valence-electron chi connectivity index (χ3n) is 2.37. The molecule has 0 aliphatic carbocycles. The Kier molecular flexibility index (Phi) is 3.44. The van der Waals surface area contributed by atoms with Gasteiger partial charge in [0.15, 0.2) is 5.76 Å². The summed E-state index contributed by atoms with van der Waals surface area (Å²) in [4.78, 5) is 4.13. The van der Waals surface area contributed by atoms with E-state index in [0.29, 0.717) is 23.0 Å². The van der Waals surface area contributed by atoms with Gasteiger partial charge in [-0.15, -0.1) is 0 Å². The Morgan fingerprint density at radius 2 is 2.29 bits per heavy atom. The average molecular weight is 251 g/mol. The molecule has 0 aliphatic heterocycles. The fourth-order valence-electron chi connectivity index (χ4n) is 1.55. The molecule has 0 atom stereocenters. The molecule has 4 nitrogen and oxygen atoms in total. The van der Waals surface area contributed by atoms with Crippen molar-refractivity contribution >= 4 is 17.3 Å². The third-order valence-corrected chi connectivity index (χ3v) is 2.58. The zero-order valence-electron chi connectivity index (χ0n) is 9.22. The molecule has 17 heavy (non-hydrogen) atoms. The largest absolute Gasteiger partial charge is 0.463 e. The molecule has 0 fully saturated rings. The highest BCUT2D eigenvalue weighted by Crippen LogP contribution is 2.14. The van der Waals surface area contributed by atoms with Crippen molar-refractivity contribution in [1.82, 2.24) is 4.98 Å². The lowest BCUT2D eigenvalue weighted by molar-refractivity contribution is 0.317. The molecule has 0 saturated heterocycles. The van der Waals surface area contributed by atoms with Gasteiger partial charge in [-0.1, -0.05) is 22.8 Å². The van der Waals surface area contributed by atoms with Crippen molar-refractivity contribution in [2.24, 2.45) is 5.16 Å². The Labute approximate surface area is 104 Å². The maximum absolute atomic E-state index is 9.02. The average Bonchev–Trinajstić information content (AvgIpc) is 2.72. The summed E-state index contributed by atoms with van der Waals surface area (Å²) in [5, 5.41) is 12.7. The quantitative estimate of drug-likeness (QED) is 0.394. The Hall–Kier alpha value is -1.81. The third kappa shape index (κ3) is 2.65. The highest BCUT2D eigenvalue weighted by Gasteiger charge is 2.13. The summed E-state index contributed by atoms with van der Waals surface area (Å²) >= 11 is 5.79. The van der Waals surface area contributed by atoms with E-state index < -0.39 is 0 Å². The van der Waals surface area contributed by atoms with E-state index in [0.717, 1.165) is 11.3 Å². The Bertz CT molecular complexity index is 549. The molecule has 0 spiro atoms. The number of oxime groups is 1. The van der Waals surface area contributed by atoms with E-state index in [9.17, 15) is 0 Å². The maximum atomic E-state index is 9.02.